The zero-order valence-electron chi connectivity index (χ0n) is 11.5. The van der Waals surface area contributed by atoms with E-state index in [0.29, 0.717) is 6.29 Å². The number of rotatable bonds is 6. The van der Waals surface area contributed by atoms with E-state index >= 15 is 0 Å². The van der Waals surface area contributed by atoms with Gasteiger partial charge in [0.15, 0.2) is 0 Å². The summed E-state index contributed by atoms with van der Waals surface area (Å²) in [5, 5.41) is 10.5. The minimum Gasteiger partial charge on any atom is -0.426 e. The minimum absolute atomic E-state index is 0.0881. The maximum absolute atomic E-state index is 11.9. The standard InChI is InChI=1S/C16H13NO5/c18-11-13(12-4-2-1-3-5-12)10-16(19)22-15-8-6-14(7-9-15)17(20)21/h1-9,11,13H,10H2. The number of esters is 1. The lowest BCUT2D eigenvalue weighted by molar-refractivity contribution is -0.384. The van der Waals surface area contributed by atoms with Gasteiger partial charge in [-0.1, -0.05) is 30.3 Å². The van der Waals surface area contributed by atoms with Gasteiger partial charge in [-0.3, -0.25) is 14.9 Å². The van der Waals surface area contributed by atoms with Crippen LogP contribution in [-0.2, 0) is 9.59 Å². The van der Waals surface area contributed by atoms with Gasteiger partial charge in [0.2, 0.25) is 0 Å². The fraction of sp³-hybridized carbons (Fsp3) is 0.125. The van der Waals surface area contributed by atoms with Crippen LogP contribution in [0.15, 0.2) is 54.6 Å². The Labute approximate surface area is 126 Å². The number of nitro groups is 1. The summed E-state index contributed by atoms with van der Waals surface area (Å²) in [6.07, 6.45) is 0.608. The van der Waals surface area contributed by atoms with Crippen LogP contribution >= 0.6 is 0 Å². The topological polar surface area (TPSA) is 86.5 Å². The Balaban J connectivity index is 2.00. The normalized spacial score (nSPS) is 11.5. The van der Waals surface area contributed by atoms with Crippen molar-refractivity contribution in [1.82, 2.24) is 0 Å². The van der Waals surface area contributed by atoms with Gasteiger partial charge in [0, 0.05) is 12.1 Å². The van der Waals surface area contributed by atoms with Gasteiger partial charge in [-0.2, -0.15) is 0 Å². The van der Waals surface area contributed by atoms with Crippen molar-refractivity contribution in [1.29, 1.82) is 0 Å². The van der Waals surface area contributed by atoms with E-state index in [-0.39, 0.29) is 17.9 Å². The molecule has 1 atom stereocenters. The lowest BCUT2D eigenvalue weighted by Gasteiger charge is -2.10. The van der Waals surface area contributed by atoms with E-state index in [9.17, 15) is 19.7 Å². The molecule has 0 heterocycles. The SMILES string of the molecule is O=CC(CC(=O)Oc1ccc([N+](=O)[O-])cc1)c1ccccc1. The van der Waals surface area contributed by atoms with Crippen molar-refractivity contribution in [2.24, 2.45) is 0 Å². The van der Waals surface area contributed by atoms with Gasteiger partial charge in [0.1, 0.15) is 12.0 Å². The first-order chi connectivity index (χ1) is 10.6. The van der Waals surface area contributed by atoms with Gasteiger partial charge in [0.25, 0.3) is 5.69 Å². The van der Waals surface area contributed by atoms with Crippen LogP contribution in [-0.4, -0.2) is 17.2 Å². The lowest BCUT2D eigenvalue weighted by Crippen LogP contribution is -2.14. The van der Waals surface area contributed by atoms with Crippen molar-refractivity contribution < 1.29 is 19.2 Å². The van der Waals surface area contributed by atoms with Gasteiger partial charge < -0.3 is 9.53 Å². The van der Waals surface area contributed by atoms with Gasteiger partial charge in [-0.25, -0.2) is 0 Å². The number of carbonyl (C=O) groups excluding carboxylic acids is 2. The highest BCUT2D eigenvalue weighted by molar-refractivity contribution is 5.78. The molecular formula is C16H13NO5. The molecule has 0 aliphatic carbocycles. The third-order valence-electron chi connectivity index (χ3n) is 3.06. The summed E-state index contributed by atoms with van der Waals surface area (Å²) in [7, 11) is 0. The molecule has 0 saturated carbocycles. The van der Waals surface area contributed by atoms with Crippen LogP contribution in [0.2, 0.25) is 0 Å². The summed E-state index contributed by atoms with van der Waals surface area (Å²) < 4.78 is 5.08. The summed E-state index contributed by atoms with van der Waals surface area (Å²) >= 11 is 0. The third kappa shape index (κ3) is 3.99. The Morgan fingerprint density at radius 3 is 2.32 bits per heavy atom. The fourth-order valence-corrected chi connectivity index (χ4v) is 1.93. The van der Waals surface area contributed by atoms with Crippen LogP contribution in [0, 0.1) is 10.1 Å². The Bertz CT molecular complexity index is 667. The number of nitrogens with zero attached hydrogens (tertiary/aromatic N) is 1. The molecule has 2 aromatic carbocycles. The van der Waals surface area contributed by atoms with E-state index in [1.54, 1.807) is 24.3 Å². The number of carbonyl (C=O) groups is 2. The number of ether oxygens (including phenoxy) is 1. The summed E-state index contributed by atoms with van der Waals surface area (Å²) in [4.78, 5) is 33.0. The molecule has 0 aliphatic rings. The molecule has 0 aliphatic heterocycles. The van der Waals surface area contributed by atoms with Crippen LogP contribution in [0.5, 0.6) is 5.75 Å². The van der Waals surface area contributed by atoms with Crippen molar-refractivity contribution in [3.63, 3.8) is 0 Å². The zero-order valence-corrected chi connectivity index (χ0v) is 11.5. The quantitative estimate of drug-likeness (QED) is 0.269. The monoisotopic (exact) mass is 299 g/mol. The summed E-state index contributed by atoms with van der Waals surface area (Å²) in [5.74, 6) is -0.949. The number of hydrogen-bond acceptors (Lipinski definition) is 5. The van der Waals surface area contributed by atoms with E-state index in [4.69, 9.17) is 4.74 Å². The van der Waals surface area contributed by atoms with Gasteiger partial charge >= 0.3 is 5.97 Å². The smallest absolute Gasteiger partial charge is 0.312 e. The summed E-state index contributed by atoms with van der Waals surface area (Å²) in [5.41, 5.74) is 0.646. The Hall–Kier alpha value is -3.02. The Kier molecular flexibility index (Phi) is 4.98. The molecule has 1 unspecified atom stereocenters. The average molecular weight is 299 g/mol. The van der Waals surface area contributed by atoms with Gasteiger partial charge in [-0.05, 0) is 17.7 Å². The maximum Gasteiger partial charge on any atom is 0.312 e. The molecule has 0 amide bonds. The third-order valence-corrected chi connectivity index (χ3v) is 3.06. The van der Waals surface area contributed by atoms with Crippen molar-refractivity contribution in [2.45, 2.75) is 12.3 Å². The fourth-order valence-electron chi connectivity index (χ4n) is 1.93. The van der Waals surface area contributed by atoms with E-state index < -0.39 is 16.8 Å². The van der Waals surface area contributed by atoms with Gasteiger partial charge in [0.05, 0.1) is 17.3 Å². The molecule has 22 heavy (non-hydrogen) atoms. The van der Waals surface area contributed by atoms with E-state index in [2.05, 4.69) is 0 Å². The average Bonchev–Trinajstić information content (AvgIpc) is 2.54. The molecule has 0 fully saturated rings. The van der Waals surface area contributed by atoms with Crippen molar-refractivity contribution in [2.75, 3.05) is 0 Å². The van der Waals surface area contributed by atoms with Crippen molar-refractivity contribution >= 4 is 17.9 Å². The van der Waals surface area contributed by atoms with Crippen LogP contribution < -0.4 is 4.74 Å². The first-order valence-corrected chi connectivity index (χ1v) is 6.55. The molecule has 112 valence electrons. The minimum atomic E-state index is -0.577. The van der Waals surface area contributed by atoms with E-state index in [1.807, 2.05) is 6.07 Å². The first kappa shape index (κ1) is 15.4. The van der Waals surface area contributed by atoms with Crippen molar-refractivity contribution in [3.05, 3.63) is 70.3 Å². The first-order valence-electron chi connectivity index (χ1n) is 6.55. The molecule has 0 saturated heterocycles. The van der Waals surface area contributed by atoms with Crippen molar-refractivity contribution in [3.8, 4) is 5.75 Å². The predicted molar refractivity (Wildman–Crippen MR) is 78.6 cm³/mol. The molecule has 2 aromatic rings. The number of non-ortho nitro benzene ring substituents is 1. The van der Waals surface area contributed by atoms with Crippen LogP contribution in [0.4, 0.5) is 5.69 Å². The van der Waals surface area contributed by atoms with Crippen LogP contribution in [0.3, 0.4) is 0 Å². The molecule has 0 radical (unpaired) electrons. The molecule has 2 rings (SSSR count). The maximum atomic E-state index is 11.9. The summed E-state index contributed by atoms with van der Waals surface area (Å²) in [6.45, 7) is 0. The second-order valence-electron chi connectivity index (χ2n) is 4.58. The highest BCUT2D eigenvalue weighted by Crippen LogP contribution is 2.21. The number of benzene rings is 2. The molecule has 6 heteroatoms. The second kappa shape index (κ2) is 7.12. The Morgan fingerprint density at radius 1 is 1.14 bits per heavy atom. The van der Waals surface area contributed by atoms with E-state index in [0.717, 1.165) is 5.56 Å². The number of hydrogen-bond donors (Lipinski definition) is 0. The van der Waals surface area contributed by atoms with E-state index in [1.165, 1.54) is 24.3 Å². The molecule has 6 nitrogen and oxygen atoms in total. The second-order valence-corrected chi connectivity index (χ2v) is 4.58. The zero-order chi connectivity index (χ0) is 15.9. The molecule has 0 aromatic heterocycles. The summed E-state index contributed by atoms with van der Waals surface area (Å²) in [6, 6.07) is 14.1. The molecule has 0 bridgehead atoms. The highest BCUT2D eigenvalue weighted by Gasteiger charge is 2.17. The Morgan fingerprint density at radius 2 is 1.77 bits per heavy atom. The largest absolute Gasteiger partial charge is 0.426 e. The van der Waals surface area contributed by atoms with Gasteiger partial charge in [-0.15, -0.1) is 0 Å². The number of nitro benzene ring substituents is 1. The molecular weight excluding hydrogens is 286 g/mol. The van der Waals surface area contributed by atoms with Crippen LogP contribution in [0.25, 0.3) is 0 Å². The number of aldehydes is 1. The lowest BCUT2D eigenvalue weighted by atomic mass is 9.97. The van der Waals surface area contributed by atoms with Crippen LogP contribution in [0.1, 0.15) is 17.9 Å². The molecule has 0 spiro atoms. The highest BCUT2D eigenvalue weighted by atomic mass is 16.6. The molecule has 0 N–H and O–H groups in total. The predicted octanol–water partition coefficient (Wildman–Crippen LogP) is 2.87.